The van der Waals surface area contributed by atoms with Crippen LogP contribution >= 0.6 is 0 Å². The van der Waals surface area contributed by atoms with Gasteiger partial charge in [-0.05, 0) is 29.7 Å². The Kier molecular flexibility index (Phi) is 2.94. The van der Waals surface area contributed by atoms with E-state index in [2.05, 4.69) is 10.3 Å². The van der Waals surface area contributed by atoms with Gasteiger partial charge < -0.3 is 5.32 Å². The smallest absolute Gasteiger partial charge is 0.336 e. The number of hydrogen-bond acceptors (Lipinski definition) is 3. The molecule has 0 saturated carbocycles. The lowest BCUT2D eigenvalue weighted by Gasteiger charge is -2.34. The number of hydrogen-bond donors (Lipinski definition) is 1. The van der Waals surface area contributed by atoms with Crippen molar-refractivity contribution in [1.82, 2.24) is 0 Å². The zero-order valence-corrected chi connectivity index (χ0v) is 12.3. The van der Waals surface area contributed by atoms with Gasteiger partial charge in [0.25, 0.3) is 0 Å². The lowest BCUT2D eigenvalue weighted by molar-refractivity contribution is -0.110. The number of carbonyl (C=O) groups excluding carboxylic acids is 1. The first-order valence-corrected chi connectivity index (χ1v) is 7.28. The third-order valence-corrected chi connectivity index (χ3v) is 4.17. The first-order chi connectivity index (χ1) is 11.4. The molecule has 6 heteroatoms. The highest BCUT2D eigenvalue weighted by atomic mass is 19.4. The van der Waals surface area contributed by atoms with Crippen LogP contribution in [0.5, 0.6) is 0 Å². The second kappa shape index (κ2) is 4.80. The molecule has 0 bridgehead atoms. The number of ketones is 1. The van der Waals surface area contributed by atoms with Crippen LogP contribution in [0.25, 0.3) is 10.8 Å². The number of nitrogens with one attached hydrogen (secondary N) is 1. The second-order valence-electron chi connectivity index (χ2n) is 5.69. The van der Waals surface area contributed by atoms with Crippen molar-refractivity contribution in [2.45, 2.75) is 11.7 Å². The fourth-order valence-corrected chi connectivity index (χ4v) is 3.05. The molecular formula is C18H11F3N2O. The Morgan fingerprint density at radius 3 is 2.42 bits per heavy atom. The molecule has 0 saturated heterocycles. The SMILES string of the molecule is O=C1C=CC2(C=C1)N=C(C(F)(F)F)Nc1c2ccc2ccccc12. The van der Waals surface area contributed by atoms with Gasteiger partial charge in [0, 0.05) is 10.9 Å². The maximum absolute atomic E-state index is 13.3. The fourth-order valence-electron chi connectivity index (χ4n) is 3.05. The number of aliphatic imine (C=N–C) groups is 1. The van der Waals surface area contributed by atoms with E-state index in [0.29, 0.717) is 16.6 Å². The van der Waals surface area contributed by atoms with Crippen molar-refractivity contribution < 1.29 is 18.0 Å². The molecule has 0 aromatic heterocycles. The van der Waals surface area contributed by atoms with E-state index < -0.39 is 17.6 Å². The predicted octanol–water partition coefficient (Wildman–Crippen LogP) is 4.12. The van der Waals surface area contributed by atoms with Crippen molar-refractivity contribution in [2.75, 3.05) is 5.32 Å². The molecule has 1 aliphatic heterocycles. The molecule has 4 rings (SSSR count). The number of alkyl halides is 3. The topological polar surface area (TPSA) is 41.5 Å². The minimum Gasteiger partial charge on any atom is -0.336 e. The van der Waals surface area contributed by atoms with E-state index in [1.807, 2.05) is 18.2 Å². The molecule has 0 amide bonds. The summed E-state index contributed by atoms with van der Waals surface area (Å²) in [5, 5.41) is 3.93. The van der Waals surface area contributed by atoms with Crippen LogP contribution in [0.15, 0.2) is 65.7 Å². The lowest BCUT2D eigenvalue weighted by Crippen LogP contribution is -2.39. The molecule has 3 nitrogen and oxygen atoms in total. The van der Waals surface area contributed by atoms with Crippen LogP contribution < -0.4 is 5.32 Å². The highest BCUT2D eigenvalue weighted by Crippen LogP contribution is 2.44. The Morgan fingerprint density at radius 2 is 1.71 bits per heavy atom. The van der Waals surface area contributed by atoms with E-state index in [9.17, 15) is 18.0 Å². The summed E-state index contributed by atoms with van der Waals surface area (Å²) in [7, 11) is 0. The number of carbonyl (C=O) groups is 1. The lowest BCUT2D eigenvalue weighted by atomic mass is 9.82. The maximum Gasteiger partial charge on any atom is 0.449 e. The van der Waals surface area contributed by atoms with Crippen molar-refractivity contribution in [3.8, 4) is 0 Å². The number of anilines is 1. The maximum atomic E-state index is 13.3. The van der Waals surface area contributed by atoms with Gasteiger partial charge in [0.2, 0.25) is 5.84 Å². The average Bonchev–Trinajstić information content (AvgIpc) is 2.56. The van der Waals surface area contributed by atoms with E-state index in [0.717, 1.165) is 5.39 Å². The highest BCUT2D eigenvalue weighted by molar-refractivity contribution is 6.10. The summed E-state index contributed by atoms with van der Waals surface area (Å²) in [6, 6.07) is 10.8. The Hall–Kier alpha value is -2.89. The molecule has 0 atom stereocenters. The van der Waals surface area contributed by atoms with Gasteiger partial charge in [0.05, 0.1) is 5.69 Å². The van der Waals surface area contributed by atoms with Crippen molar-refractivity contribution in [2.24, 2.45) is 4.99 Å². The summed E-state index contributed by atoms with van der Waals surface area (Å²) in [6.07, 6.45) is 0.708. The number of nitrogens with zero attached hydrogens (tertiary/aromatic N) is 1. The van der Waals surface area contributed by atoms with Gasteiger partial charge >= 0.3 is 6.18 Å². The molecule has 0 radical (unpaired) electrons. The van der Waals surface area contributed by atoms with Crippen LogP contribution in [0.3, 0.4) is 0 Å². The molecule has 1 N–H and O–H groups in total. The number of amidine groups is 1. The van der Waals surface area contributed by atoms with Crippen LogP contribution in [0, 0.1) is 0 Å². The van der Waals surface area contributed by atoms with Crippen LogP contribution in [0.1, 0.15) is 5.56 Å². The number of allylic oxidation sites excluding steroid dienone is 2. The predicted molar refractivity (Wildman–Crippen MR) is 86.0 cm³/mol. The molecule has 0 fully saturated rings. The number of benzene rings is 2. The Balaban J connectivity index is 2.03. The minimum atomic E-state index is -4.62. The summed E-state index contributed by atoms with van der Waals surface area (Å²) < 4.78 is 40.0. The van der Waals surface area contributed by atoms with Crippen LogP contribution in [-0.4, -0.2) is 17.8 Å². The Morgan fingerprint density at radius 1 is 1.00 bits per heavy atom. The average molecular weight is 328 g/mol. The molecule has 0 unspecified atom stereocenters. The monoisotopic (exact) mass is 328 g/mol. The van der Waals surface area contributed by atoms with Gasteiger partial charge in [-0.3, -0.25) is 4.79 Å². The largest absolute Gasteiger partial charge is 0.449 e. The van der Waals surface area contributed by atoms with Gasteiger partial charge in [0.1, 0.15) is 5.54 Å². The number of halogens is 3. The molecule has 2 aromatic carbocycles. The van der Waals surface area contributed by atoms with Crippen molar-refractivity contribution in [1.29, 1.82) is 0 Å². The molecule has 24 heavy (non-hydrogen) atoms. The van der Waals surface area contributed by atoms with Crippen LogP contribution in [0.2, 0.25) is 0 Å². The summed E-state index contributed by atoms with van der Waals surface area (Å²) in [6.45, 7) is 0. The van der Waals surface area contributed by atoms with Crippen molar-refractivity contribution in [3.63, 3.8) is 0 Å². The third-order valence-electron chi connectivity index (χ3n) is 4.17. The molecular weight excluding hydrogens is 317 g/mol. The van der Waals surface area contributed by atoms with E-state index in [1.54, 1.807) is 18.2 Å². The summed E-state index contributed by atoms with van der Waals surface area (Å²) in [4.78, 5) is 15.3. The zero-order valence-electron chi connectivity index (χ0n) is 12.3. The molecule has 2 aliphatic rings. The van der Waals surface area contributed by atoms with E-state index >= 15 is 0 Å². The first-order valence-electron chi connectivity index (χ1n) is 7.28. The normalized spacial score (nSPS) is 18.5. The van der Waals surface area contributed by atoms with Gasteiger partial charge in [0.15, 0.2) is 5.78 Å². The Bertz CT molecular complexity index is 938. The van der Waals surface area contributed by atoms with E-state index in [1.165, 1.54) is 24.3 Å². The van der Waals surface area contributed by atoms with Gasteiger partial charge in [-0.25, -0.2) is 4.99 Å². The molecule has 1 heterocycles. The van der Waals surface area contributed by atoms with Gasteiger partial charge in [-0.2, -0.15) is 13.2 Å². The minimum absolute atomic E-state index is 0.273. The highest BCUT2D eigenvalue weighted by Gasteiger charge is 2.44. The molecule has 1 spiro atoms. The first kappa shape index (κ1) is 14.7. The number of rotatable bonds is 0. The standard InChI is InChI=1S/C18H11F3N2O/c19-18(20,21)16-22-15-13-4-2-1-3-11(13)5-6-14(15)17(23-16)9-7-12(24)8-10-17/h1-10H,(H,22,23). The molecule has 2 aromatic rings. The van der Waals surface area contributed by atoms with E-state index in [-0.39, 0.29) is 5.78 Å². The fraction of sp³-hybridized carbons (Fsp3) is 0.111. The number of fused-ring (bicyclic) bond motifs is 4. The van der Waals surface area contributed by atoms with Crippen molar-refractivity contribution in [3.05, 3.63) is 66.3 Å². The Labute approximate surface area is 135 Å². The second-order valence-corrected chi connectivity index (χ2v) is 5.69. The quantitative estimate of drug-likeness (QED) is 0.790. The summed E-state index contributed by atoms with van der Waals surface area (Å²) >= 11 is 0. The van der Waals surface area contributed by atoms with Crippen LogP contribution in [0.4, 0.5) is 18.9 Å². The zero-order chi connectivity index (χ0) is 16.9. The van der Waals surface area contributed by atoms with Gasteiger partial charge in [-0.1, -0.05) is 36.4 Å². The molecule has 1 aliphatic carbocycles. The van der Waals surface area contributed by atoms with Gasteiger partial charge in [-0.15, -0.1) is 0 Å². The van der Waals surface area contributed by atoms with Crippen molar-refractivity contribution >= 4 is 28.1 Å². The third kappa shape index (κ3) is 2.14. The summed E-state index contributed by atoms with van der Waals surface area (Å²) in [5.41, 5.74) is -0.392. The van der Waals surface area contributed by atoms with E-state index in [4.69, 9.17) is 0 Å². The van der Waals surface area contributed by atoms with Crippen LogP contribution in [-0.2, 0) is 10.3 Å². The summed E-state index contributed by atoms with van der Waals surface area (Å²) in [5.74, 6) is -1.35. The molecule has 120 valence electrons.